The van der Waals surface area contributed by atoms with Gasteiger partial charge in [-0.25, -0.2) is 0 Å². The number of ether oxygens (including phenoxy) is 4. The van der Waals surface area contributed by atoms with E-state index >= 15 is 0 Å². The number of hydrogen-bond donors (Lipinski definition) is 1. The fraction of sp³-hybridized carbons (Fsp3) is 0.333. The van der Waals surface area contributed by atoms with Gasteiger partial charge in [-0.05, 0) is 35.4 Å². The lowest BCUT2D eigenvalue weighted by molar-refractivity contribution is 0.218. The predicted octanol–water partition coefficient (Wildman–Crippen LogP) is 2.95. The summed E-state index contributed by atoms with van der Waals surface area (Å²) < 4.78 is 21.8. The van der Waals surface area contributed by atoms with E-state index in [1.807, 2.05) is 18.2 Å². The highest BCUT2D eigenvalue weighted by Crippen LogP contribution is 2.35. The zero-order valence-electron chi connectivity index (χ0n) is 13.2. The third kappa shape index (κ3) is 3.35. The van der Waals surface area contributed by atoms with E-state index in [0.717, 1.165) is 12.0 Å². The molecule has 0 bridgehead atoms. The molecule has 3 rings (SSSR count). The van der Waals surface area contributed by atoms with Crippen LogP contribution in [0.5, 0.6) is 23.0 Å². The molecule has 0 fully saturated rings. The van der Waals surface area contributed by atoms with Gasteiger partial charge in [0.05, 0.1) is 27.4 Å². The number of hydrogen-bond acceptors (Lipinski definition) is 5. The van der Waals surface area contributed by atoms with Crippen LogP contribution in [0.15, 0.2) is 36.4 Å². The van der Waals surface area contributed by atoms with Gasteiger partial charge in [-0.2, -0.15) is 0 Å². The molecular weight excluding hydrogens is 296 g/mol. The fourth-order valence-corrected chi connectivity index (χ4v) is 2.53. The lowest BCUT2D eigenvalue weighted by Gasteiger charge is -2.16. The average molecular weight is 316 g/mol. The Kier molecular flexibility index (Phi) is 4.57. The molecule has 2 aromatic carbocycles. The van der Waals surface area contributed by atoms with E-state index in [9.17, 15) is 5.11 Å². The molecule has 1 heterocycles. The van der Waals surface area contributed by atoms with Crippen LogP contribution in [0.25, 0.3) is 0 Å². The van der Waals surface area contributed by atoms with Crippen molar-refractivity contribution in [2.24, 2.45) is 0 Å². The SMILES string of the molecule is COc1cc(OC)cc([C@H](O)c2ccc3c(c2)OCCCO3)c1. The van der Waals surface area contributed by atoms with E-state index in [1.165, 1.54) is 0 Å². The Bertz CT molecular complexity index is 661. The van der Waals surface area contributed by atoms with Gasteiger partial charge in [-0.15, -0.1) is 0 Å². The van der Waals surface area contributed by atoms with Crippen LogP contribution in [0, 0.1) is 0 Å². The van der Waals surface area contributed by atoms with Gasteiger partial charge in [0.2, 0.25) is 0 Å². The standard InChI is InChI=1S/C18H20O5/c1-20-14-8-13(9-15(11-14)21-2)18(19)12-4-5-16-17(10-12)23-7-3-6-22-16/h4-5,8-11,18-19H,3,6-7H2,1-2H3/t18-/m1/s1. The maximum absolute atomic E-state index is 10.7. The number of fused-ring (bicyclic) bond motifs is 1. The molecular formula is C18H20O5. The van der Waals surface area contributed by atoms with Crippen molar-refractivity contribution in [2.75, 3.05) is 27.4 Å². The molecule has 0 saturated heterocycles. The number of rotatable bonds is 4. The van der Waals surface area contributed by atoms with Crippen LogP contribution in [0.3, 0.4) is 0 Å². The first-order valence-electron chi connectivity index (χ1n) is 7.52. The lowest BCUT2D eigenvalue weighted by Crippen LogP contribution is -2.02. The quantitative estimate of drug-likeness (QED) is 0.940. The molecule has 5 nitrogen and oxygen atoms in total. The zero-order chi connectivity index (χ0) is 16.2. The molecule has 122 valence electrons. The van der Waals surface area contributed by atoms with Gasteiger partial charge in [-0.3, -0.25) is 0 Å². The van der Waals surface area contributed by atoms with E-state index in [4.69, 9.17) is 18.9 Å². The highest BCUT2D eigenvalue weighted by atomic mass is 16.5. The molecule has 0 radical (unpaired) electrons. The van der Waals surface area contributed by atoms with E-state index < -0.39 is 6.10 Å². The summed E-state index contributed by atoms with van der Waals surface area (Å²) in [6.45, 7) is 1.25. The molecule has 2 aromatic rings. The van der Waals surface area contributed by atoms with Crippen molar-refractivity contribution in [3.05, 3.63) is 47.5 Å². The summed E-state index contributed by atoms with van der Waals surface area (Å²) in [5, 5.41) is 10.7. The topological polar surface area (TPSA) is 57.2 Å². The molecule has 1 aliphatic rings. The Hall–Kier alpha value is -2.40. The largest absolute Gasteiger partial charge is 0.497 e. The first-order valence-corrected chi connectivity index (χ1v) is 7.52. The lowest BCUT2D eigenvalue weighted by atomic mass is 10.0. The Morgan fingerprint density at radius 3 is 2.17 bits per heavy atom. The minimum Gasteiger partial charge on any atom is -0.497 e. The second-order valence-electron chi connectivity index (χ2n) is 5.31. The molecule has 0 aliphatic carbocycles. The smallest absolute Gasteiger partial charge is 0.161 e. The summed E-state index contributed by atoms with van der Waals surface area (Å²) in [6.07, 6.45) is 0.0378. The summed E-state index contributed by atoms with van der Waals surface area (Å²) >= 11 is 0. The normalized spacial score (nSPS) is 14.7. The number of aliphatic hydroxyl groups is 1. The van der Waals surface area contributed by atoms with Crippen LogP contribution in [0.1, 0.15) is 23.7 Å². The summed E-state index contributed by atoms with van der Waals surface area (Å²) in [6, 6.07) is 10.8. The summed E-state index contributed by atoms with van der Waals surface area (Å²) in [5.41, 5.74) is 1.42. The molecule has 0 unspecified atom stereocenters. The summed E-state index contributed by atoms with van der Waals surface area (Å²) in [7, 11) is 3.16. The van der Waals surface area contributed by atoms with Crippen LogP contribution < -0.4 is 18.9 Å². The van der Waals surface area contributed by atoms with Crippen molar-refractivity contribution in [3.8, 4) is 23.0 Å². The fourth-order valence-electron chi connectivity index (χ4n) is 2.53. The van der Waals surface area contributed by atoms with Gasteiger partial charge < -0.3 is 24.1 Å². The molecule has 1 atom stereocenters. The van der Waals surface area contributed by atoms with Crippen molar-refractivity contribution in [1.29, 1.82) is 0 Å². The molecule has 0 saturated carbocycles. The number of benzene rings is 2. The predicted molar refractivity (Wildman–Crippen MR) is 85.7 cm³/mol. The Balaban J connectivity index is 1.93. The van der Waals surface area contributed by atoms with Crippen molar-refractivity contribution < 1.29 is 24.1 Å². The Morgan fingerprint density at radius 2 is 1.52 bits per heavy atom. The van der Waals surface area contributed by atoms with Gasteiger partial charge in [0.25, 0.3) is 0 Å². The second-order valence-corrected chi connectivity index (χ2v) is 5.31. The maximum atomic E-state index is 10.7. The van der Waals surface area contributed by atoms with Gasteiger partial charge in [0.15, 0.2) is 11.5 Å². The monoisotopic (exact) mass is 316 g/mol. The van der Waals surface area contributed by atoms with Crippen molar-refractivity contribution in [2.45, 2.75) is 12.5 Å². The minimum atomic E-state index is -0.809. The first-order chi connectivity index (χ1) is 11.2. The van der Waals surface area contributed by atoms with E-state index in [1.54, 1.807) is 32.4 Å². The maximum Gasteiger partial charge on any atom is 0.161 e. The van der Waals surface area contributed by atoms with E-state index in [0.29, 0.717) is 41.8 Å². The number of methoxy groups -OCH3 is 2. The highest BCUT2D eigenvalue weighted by molar-refractivity contribution is 5.47. The Morgan fingerprint density at radius 1 is 0.870 bits per heavy atom. The van der Waals surface area contributed by atoms with Gasteiger partial charge in [-0.1, -0.05) is 6.07 Å². The summed E-state index contributed by atoms with van der Waals surface area (Å²) in [5.74, 6) is 2.64. The summed E-state index contributed by atoms with van der Waals surface area (Å²) in [4.78, 5) is 0. The van der Waals surface area contributed by atoms with Gasteiger partial charge in [0, 0.05) is 12.5 Å². The second kappa shape index (κ2) is 6.79. The van der Waals surface area contributed by atoms with E-state index in [2.05, 4.69) is 0 Å². The van der Waals surface area contributed by atoms with Crippen LogP contribution in [-0.2, 0) is 0 Å². The average Bonchev–Trinajstić information content (AvgIpc) is 2.85. The van der Waals surface area contributed by atoms with Gasteiger partial charge >= 0.3 is 0 Å². The highest BCUT2D eigenvalue weighted by Gasteiger charge is 2.17. The zero-order valence-corrected chi connectivity index (χ0v) is 13.2. The molecule has 1 N–H and O–H groups in total. The molecule has 0 aromatic heterocycles. The molecule has 5 heteroatoms. The van der Waals surface area contributed by atoms with Crippen molar-refractivity contribution in [3.63, 3.8) is 0 Å². The van der Waals surface area contributed by atoms with Crippen LogP contribution in [0.4, 0.5) is 0 Å². The van der Waals surface area contributed by atoms with Crippen molar-refractivity contribution in [1.82, 2.24) is 0 Å². The van der Waals surface area contributed by atoms with Crippen LogP contribution >= 0.6 is 0 Å². The van der Waals surface area contributed by atoms with Gasteiger partial charge in [0.1, 0.15) is 17.6 Å². The van der Waals surface area contributed by atoms with Crippen molar-refractivity contribution >= 4 is 0 Å². The first kappa shape index (κ1) is 15.5. The van der Waals surface area contributed by atoms with Crippen LogP contribution in [-0.4, -0.2) is 32.5 Å². The Labute approximate surface area is 135 Å². The third-order valence-corrected chi connectivity index (χ3v) is 3.78. The molecule has 1 aliphatic heterocycles. The molecule has 0 spiro atoms. The number of aliphatic hydroxyl groups excluding tert-OH is 1. The molecule has 23 heavy (non-hydrogen) atoms. The molecule has 0 amide bonds. The minimum absolute atomic E-state index is 0.611. The van der Waals surface area contributed by atoms with E-state index in [-0.39, 0.29) is 0 Å². The van der Waals surface area contributed by atoms with Crippen LogP contribution in [0.2, 0.25) is 0 Å². The third-order valence-electron chi connectivity index (χ3n) is 3.78.